The number of benzene rings is 2. The quantitative estimate of drug-likeness (QED) is 0.643. The summed E-state index contributed by atoms with van der Waals surface area (Å²) in [5.41, 5.74) is 6.79. The van der Waals surface area contributed by atoms with Gasteiger partial charge in [-0.05, 0) is 43.0 Å². The molecule has 0 saturated heterocycles. The number of nitrogens with zero attached hydrogens (tertiary/aromatic N) is 1. The summed E-state index contributed by atoms with van der Waals surface area (Å²) in [4.78, 5) is 12.4. The standard InChI is InChI=1S/C24H26N4O/c1-25-14-15-10-12-17(13-11-15)22-20(16-6-3-2-4-7-16)23-21-18(24(29)28-27-23)8-5-9-19(21)26-22/h2-4,6-7,10-13,19-20,22,25-26H,5,8-9,14H2,1H3,(H,28,29). The van der Waals surface area contributed by atoms with Crippen molar-refractivity contribution in [2.45, 2.75) is 43.8 Å². The lowest BCUT2D eigenvalue weighted by molar-refractivity contribution is 0.336. The van der Waals surface area contributed by atoms with Crippen molar-refractivity contribution in [3.63, 3.8) is 0 Å². The first-order valence-corrected chi connectivity index (χ1v) is 10.4. The monoisotopic (exact) mass is 386 g/mol. The van der Waals surface area contributed by atoms with Crippen LogP contribution in [0.4, 0.5) is 0 Å². The second kappa shape index (κ2) is 7.58. The van der Waals surface area contributed by atoms with Crippen LogP contribution in [0.1, 0.15) is 64.4 Å². The first kappa shape index (κ1) is 18.3. The summed E-state index contributed by atoms with van der Waals surface area (Å²) < 4.78 is 0. The number of nitrogens with one attached hydrogen (secondary N) is 3. The van der Waals surface area contributed by atoms with Crippen LogP contribution in [-0.2, 0) is 13.0 Å². The lowest BCUT2D eigenvalue weighted by atomic mass is 9.74. The summed E-state index contributed by atoms with van der Waals surface area (Å²) >= 11 is 0. The molecule has 1 aliphatic heterocycles. The van der Waals surface area contributed by atoms with Gasteiger partial charge in [0.05, 0.1) is 5.69 Å². The van der Waals surface area contributed by atoms with E-state index in [4.69, 9.17) is 0 Å². The Balaban J connectivity index is 1.66. The van der Waals surface area contributed by atoms with Crippen LogP contribution >= 0.6 is 0 Å². The number of hydrogen-bond donors (Lipinski definition) is 3. The van der Waals surface area contributed by atoms with Crippen LogP contribution in [0.15, 0.2) is 59.4 Å². The SMILES string of the molecule is CNCc1ccc(C2NC3CCCc4c3c(n[nH]c4=O)C2c2ccccc2)cc1. The highest BCUT2D eigenvalue weighted by molar-refractivity contribution is 5.46. The molecule has 5 nitrogen and oxygen atoms in total. The third-order valence-corrected chi connectivity index (χ3v) is 6.31. The van der Waals surface area contributed by atoms with Crippen molar-refractivity contribution in [3.05, 3.63) is 98.5 Å². The normalized spacial score (nSPS) is 22.9. The van der Waals surface area contributed by atoms with Crippen LogP contribution in [0, 0.1) is 0 Å². The van der Waals surface area contributed by atoms with Crippen LogP contribution in [0.2, 0.25) is 0 Å². The van der Waals surface area contributed by atoms with Gasteiger partial charge >= 0.3 is 0 Å². The molecule has 3 N–H and O–H groups in total. The van der Waals surface area contributed by atoms with E-state index in [1.54, 1.807) is 0 Å². The lowest BCUT2D eigenvalue weighted by Crippen LogP contribution is -2.42. The molecule has 0 saturated carbocycles. The van der Waals surface area contributed by atoms with Gasteiger partial charge in [-0.2, -0.15) is 5.10 Å². The van der Waals surface area contributed by atoms with E-state index in [9.17, 15) is 4.79 Å². The molecule has 29 heavy (non-hydrogen) atoms. The molecule has 2 aliphatic rings. The third-order valence-electron chi connectivity index (χ3n) is 6.31. The van der Waals surface area contributed by atoms with E-state index in [1.807, 2.05) is 13.1 Å². The van der Waals surface area contributed by atoms with Gasteiger partial charge in [-0.3, -0.25) is 4.79 Å². The molecule has 3 atom stereocenters. The first-order chi connectivity index (χ1) is 14.3. The summed E-state index contributed by atoms with van der Waals surface area (Å²) in [5, 5.41) is 14.5. The molecule has 5 heteroatoms. The maximum atomic E-state index is 12.4. The van der Waals surface area contributed by atoms with Gasteiger partial charge in [0.2, 0.25) is 0 Å². The Morgan fingerprint density at radius 3 is 2.62 bits per heavy atom. The maximum Gasteiger partial charge on any atom is 0.267 e. The van der Waals surface area contributed by atoms with Gasteiger partial charge in [0.15, 0.2) is 0 Å². The van der Waals surface area contributed by atoms with Crippen molar-refractivity contribution in [1.29, 1.82) is 0 Å². The van der Waals surface area contributed by atoms with Gasteiger partial charge in [-0.25, -0.2) is 5.10 Å². The molecule has 0 bridgehead atoms. The van der Waals surface area contributed by atoms with Crippen LogP contribution in [0.25, 0.3) is 0 Å². The molecule has 1 aliphatic carbocycles. The number of aromatic amines is 1. The number of H-pyrrole nitrogens is 1. The van der Waals surface area contributed by atoms with Crippen LogP contribution in [0.3, 0.4) is 0 Å². The van der Waals surface area contributed by atoms with Crippen molar-refractivity contribution in [1.82, 2.24) is 20.8 Å². The zero-order chi connectivity index (χ0) is 19.8. The highest BCUT2D eigenvalue weighted by atomic mass is 16.1. The molecular weight excluding hydrogens is 360 g/mol. The molecule has 0 radical (unpaired) electrons. The fraction of sp³-hybridized carbons (Fsp3) is 0.333. The van der Waals surface area contributed by atoms with Gasteiger partial charge in [0.25, 0.3) is 5.56 Å². The summed E-state index contributed by atoms with van der Waals surface area (Å²) in [7, 11) is 1.96. The van der Waals surface area contributed by atoms with Gasteiger partial charge < -0.3 is 10.6 Å². The second-order valence-corrected chi connectivity index (χ2v) is 8.08. The van der Waals surface area contributed by atoms with Crippen LogP contribution < -0.4 is 16.2 Å². The van der Waals surface area contributed by atoms with E-state index in [1.165, 1.54) is 16.7 Å². The second-order valence-electron chi connectivity index (χ2n) is 8.08. The van der Waals surface area contributed by atoms with Crippen LogP contribution in [0.5, 0.6) is 0 Å². The Labute approximate surface area is 170 Å². The molecule has 3 aromatic rings. The summed E-state index contributed by atoms with van der Waals surface area (Å²) in [5.74, 6) is 0.0614. The molecule has 2 heterocycles. The zero-order valence-corrected chi connectivity index (χ0v) is 16.6. The summed E-state index contributed by atoms with van der Waals surface area (Å²) in [6, 6.07) is 19.7. The third kappa shape index (κ3) is 3.20. The fourth-order valence-electron chi connectivity index (χ4n) is 5.00. The van der Waals surface area contributed by atoms with Crippen molar-refractivity contribution in [2.24, 2.45) is 0 Å². The predicted octanol–water partition coefficient (Wildman–Crippen LogP) is 3.34. The van der Waals surface area contributed by atoms with Gasteiger partial charge in [0.1, 0.15) is 0 Å². The minimum atomic E-state index is -0.0306. The minimum absolute atomic E-state index is 0.0306. The Kier molecular flexibility index (Phi) is 4.78. The largest absolute Gasteiger partial charge is 0.316 e. The van der Waals surface area contributed by atoms with Crippen molar-refractivity contribution < 1.29 is 0 Å². The molecule has 0 fully saturated rings. The van der Waals surface area contributed by atoms with Crippen molar-refractivity contribution >= 4 is 0 Å². The highest BCUT2D eigenvalue weighted by Crippen LogP contribution is 2.46. The summed E-state index contributed by atoms with van der Waals surface area (Å²) in [6.07, 6.45) is 2.91. The number of aromatic nitrogens is 2. The molecule has 1 aromatic heterocycles. The van der Waals surface area contributed by atoms with E-state index in [0.29, 0.717) is 0 Å². The van der Waals surface area contributed by atoms with Gasteiger partial charge in [-0.15, -0.1) is 0 Å². The Morgan fingerprint density at radius 1 is 1.07 bits per heavy atom. The van der Waals surface area contributed by atoms with Crippen LogP contribution in [-0.4, -0.2) is 17.2 Å². The van der Waals surface area contributed by atoms with Gasteiger partial charge in [-0.1, -0.05) is 54.6 Å². The maximum absolute atomic E-state index is 12.4. The number of hydrogen-bond acceptors (Lipinski definition) is 4. The fourth-order valence-corrected chi connectivity index (χ4v) is 5.00. The molecule has 3 unspecified atom stereocenters. The van der Waals surface area contributed by atoms with E-state index >= 15 is 0 Å². The topological polar surface area (TPSA) is 69.8 Å². The molecule has 5 rings (SSSR count). The van der Waals surface area contributed by atoms with E-state index in [0.717, 1.165) is 42.6 Å². The first-order valence-electron chi connectivity index (χ1n) is 10.4. The summed E-state index contributed by atoms with van der Waals surface area (Å²) in [6.45, 7) is 0.859. The molecular formula is C24H26N4O. The minimum Gasteiger partial charge on any atom is -0.316 e. The van der Waals surface area contributed by atoms with Crippen molar-refractivity contribution in [2.75, 3.05) is 7.05 Å². The zero-order valence-electron chi connectivity index (χ0n) is 16.6. The molecule has 2 aromatic carbocycles. The Hall–Kier alpha value is -2.76. The molecule has 0 spiro atoms. The number of rotatable bonds is 4. The smallest absolute Gasteiger partial charge is 0.267 e. The highest BCUT2D eigenvalue weighted by Gasteiger charge is 2.40. The Morgan fingerprint density at radius 2 is 1.86 bits per heavy atom. The van der Waals surface area contributed by atoms with Gasteiger partial charge in [0, 0.05) is 35.7 Å². The molecule has 148 valence electrons. The lowest BCUT2D eigenvalue weighted by Gasteiger charge is -2.41. The predicted molar refractivity (Wildman–Crippen MR) is 114 cm³/mol. The average molecular weight is 386 g/mol. The van der Waals surface area contributed by atoms with E-state index < -0.39 is 0 Å². The van der Waals surface area contributed by atoms with Crippen molar-refractivity contribution in [3.8, 4) is 0 Å². The Bertz CT molecular complexity index is 1060. The molecule has 0 amide bonds. The van der Waals surface area contributed by atoms with E-state index in [-0.39, 0.29) is 23.6 Å². The average Bonchev–Trinajstić information content (AvgIpc) is 2.77. The van der Waals surface area contributed by atoms with E-state index in [2.05, 4.69) is 69.4 Å².